The number of rotatable bonds is 5. The maximum Gasteiger partial charge on any atom is 0.201 e. The molecule has 0 aliphatic carbocycles. The molecule has 0 amide bonds. The molecule has 3 aromatic rings. The number of fused-ring (bicyclic) bond motifs is 1. The van der Waals surface area contributed by atoms with Crippen LogP contribution in [-0.4, -0.2) is 16.7 Å². The molecule has 0 radical (unpaired) electrons. The van der Waals surface area contributed by atoms with Gasteiger partial charge in [0.15, 0.2) is 0 Å². The number of nitrogens with two attached hydrogens (primary N) is 1. The van der Waals surface area contributed by atoms with E-state index in [1.165, 1.54) is 4.88 Å². The van der Waals surface area contributed by atoms with Crippen LogP contribution in [0.3, 0.4) is 0 Å². The molecule has 5 heteroatoms. The summed E-state index contributed by atoms with van der Waals surface area (Å²) in [6, 6.07) is 10.4. The SMILES string of the molecule is CCCC(c1cccs1)n1c(N)nc2c(OC)cccc21. The fourth-order valence-corrected chi connectivity index (χ4v) is 3.61. The first kappa shape index (κ1) is 13.9. The largest absolute Gasteiger partial charge is 0.494 e. The molecule has 110 valence electrons. The molecule has 0 aliphatic heterocycles. The van der Waals surface area contributed by atoms with Crippen molar-refractivity contribution in [2.75, 3.05) is 12.8 Å². The van der Waals surface area contributed by atoms with Crippen molar-refractivity contribution in [3.63, 3.8) is 0 Å². The summed E-state index contributed by atoms with van der Waals surface area (Å²) in [4.78, 5) is 5.83. The van der Waals surface area contributed by atoms with Crippen LogP contribution in [0.15, 0.2) is 35.7 Å². The molecular weight excluding hydrogens is 282 g/mol. The fraction of sp³-hybridized carbons (Fsp3) is 0.312. The molecule has 0 spiro atoms. The Morgan fingerprint density at radius 2 is 2.19 bits per heavy atom. The van der Waals surface area contributed by atoms with Crippen LogP contribution in [0, 0.1) is 0 Å². The number of methoxy groups -OCH3 is 1. The zero-order valence-electron chi connectivity index (χ0n) is 12.2. The van der Waals surface area contributed by atoms with Gasteiger partial charge in [-0.2, -0.15) is 0 Å². The molecule has 0 fully saturated rings. The Balaban J connectivity index is 2.20. The highest BCUT2D eigenvalue weighted by molar-refractivity contribution is 7.10. The maximum atomic E-state index is 6.22. The molecule has 21 heavy (non-hydrogen) atoms. The molecule has 3 rings (SSSR count). The lowest BCUT2D eigenvalue weighted by Gasteiger charge is -2.19. The molecule has 4 nitrogen and oxygen atoms in total. The van der Waals surface area contributed by atoms with Gasteiger partial charge in [-0.1, -0.05) is 25.5 Å². The summed E-state index contributed by atoms with van der Waals surface area (Å²) in [5.74, 6) is 1.31. The van der Waals surface area contributed by atoms with Crippen molar-refractivity contribution in [1.29, 1.82) is 0 Å². The van der Waals surface area contributed by atoms with E-state index < -0.39 is 0 Å². The Kier molecular flexibility index (Phi) is 3.84. The first-order valence-corrected chi connectivity index (χ1v) is 7.98. The van der Waals surface area contributed by atoms with Crippen molar-refractivity contribution in [2.24, 2.45) is 0 Å². The van der Waals surface area contributed by atoms with Gasteiger partial charge in [0.25, 0.3) is 0 Å². The normalized spacial score (nSPS) is 12.7. The van der Waals surface area contributed by atoms with E-state index >= 15 is 0 Å². The number of aromatic nitrogens is 2. The van der Waals surface area contributed by atoms with E-state index in [-0.39, 0.29) is 6.04 Å². The van der Waals surface area contributed by atoms with E-state index in [1.807, 2.05) is 12.1 Å². The highest BCUT2D eigenvalue weighted by Crippen LogP contribution is 2.35. The predicted octanol–water partition coefficient (Wildman–Crippen LogP) is 4.08. The number of nitrogen functional groups attached to an aromatic ring is 1. The molecule has 0 saturated heterocycles. The second-order valence-corrected chi connectivity index (χ2v) is 5.97. The molecule has 1 unspecified atom stereocenters. The van der Waals surface area contributed by atoms with Crippen LogP contribution in [-0.2, 0) is 0 Å². The Morgan fingerprint density at radius 3 is 2.86 bits per heavy atom. The summed E-state index contributed by atoms with van der Waals surface area (Å²) >= 11 is 1.76. The van der Waals surface area contributed by atoms with Crippen LogP contribution in [0.4, 0.5) is 5.95 Å². The van der Waals surface area contributed by atoms with Crippen molar-refractivity contribution < 1.29 is 4.74 Å². The molecular formula is C16H19N3OS. The average molecular weight is 301 g/mol. The molecule has 0 saturated carbocycles. The minimum absolute atomic E-state index is 0.229. The molecule has 0 bridgehead atoms. The average Bonchev–Trinajstić information content (AvgIpc) is 3.12. The Labute approximate surface area is 128 Å². The van der Waals surface area contributed by atoms with Crippen LogP contribution in [0.25, 0.3) is 11.0 Å². The van der Waals surface area contributed by atoms with E-state index in [0.29, 0.717) is 5.95 Å². The fourth-order valence-electron chi connectivity index (χ4n) is 2.75. The van der Waals surface area contributed by atoms with E-state index in [4.69, 9.17) is 10.5 Å². The Hall–Kier alpha value is -2.01. The summed E-state index contributed by atoms with van der Waals surface area (Å²) in [6.45, 7) is 2.19. The third-order valence-electron chi connectivity index (χ3n) is 3.68. The summed E-state index contributed by atoms with van der Waals surface area (Å²) in [7, 11) is 1.66. The van der Waals surface area contributed by atoms with Crippen molar-refractivity contribution in [1.82, 2.24) is 9.55 Å². The number of ether oxygens (including phenoxy) is 1. The minimum atomic E-state index is 0.229. The highest BCUT2D eigenvalue weighted by atomic mass is 32.1. The monoisotopic (exact) mass is 301 g/mol. The zero-order valence-corrected chi connectivity index (χ0v) is 13.1. The third-order valence-corrected chi connectivity index (χ3v) is 4.65. The lowest BCUT2D eigenvalue weighted by molar-refractivity contribution is 0.419. The van der Waals surface area contributed by atoms with Gasteiger partial charge >= 0.3 is 0 Å². The van der Waals surface area contributed by atoms with Crippen LogP contribution < -0.4 is 10.5 Å². The van der Waals surface area contributed by atoms with Crippen molar-refractivity contribution >= 4 is 28.3 Å². The van der Waals surface area contributed by atoms with Gasteiger partial charge in [0.05, 0.1) is 18.7 Å². The van der Waals surface area contributed by atoms with Gasteiger partial charge in [-0.05, 0) is 30.0 Å². The standard InChI is InChI=1S/C16H19N3OS/c1-3-6-11(14-9-5-10-21-14)19-12-7-4-8-13(20-2)15(12)18-16(19)17/h4-5,7-11H,3,6H2,1-2H3,(H2,17,18). The number of thiophene rings is 1. The summed E-state index contributed by atoms with van der Waals surface area (Å²) in [5, 5.41) is 2.11. The summed E-state index contributed by atoms with van der Waals surface area (Å²) in [6.07, 6.45) is 2.12. The van der Waals surface area contributed by atoms with Gasteiger partial charge in [0.1, 0.15) is 11.3 Å². The van der Waals surface area contributed by atoms with E-state index in [0.717, 1.165) is 29.6 Å². The Morgan fingerprint density at radius 1 is 1.33 bits per heavy atom. The first-order chi connectivity index (χ1) is 10.3. The number of benzene rings is 1. The van der Waals surface area contributed by atoms with Crippen LogP contribution in [0.1, 0.15) is 30.7 Å². The van der Waals surface area contributed by atoms with Gasteiger partial charge in [-0.3, -0.25) is 0 Å². The zero-order chi connectivity index (χ0) is 14.8. The second-order valence-electron chi connectivity index (χ2n) is 4.99. The summed E-state index contributed by atoms with van der Waals surface area (Å²) in [5.41, 5.74) is 8.07. The Bertz CT molecular complexity index is 733. The maximum absolute atomic E-state index is 6.22. The van der Waals surface area contributed by atoms with Gasteiger partial charge in [0, 0.05) is 4.88 Å². The number of anilines is 1. The molecule has 2 N–H and O–H groups in total. The number of imidazole rings is 1. The number of hydrogen-bond acceptors (Lipinski definition) is 4. The van der Waals surface area contributed by atoms with E-state index in [9.17, 15) is 0 Å². The quantitative estimate of drug-likeness (QED) is 0.772. The minimum Gasteiger partial charge on any atom is -0.494 e. The van der Waals surface area contributed by atoms with Gasteiger partial charge in [-0.25, -0.2) is 4.98 Å². The molecule has 0 aliphatic rings. The molecule has 1 aromatic carbocycles. The summed E-state index contributed by atoms with van der Waals surface area (Å²) < 4.78 is 7.53. The van der Waals surface area contributed by atoms with Crippen molar-refractivity contribution in [3.8, 4) is 5.75 Å². The lowest BCUT2D eigenvalue weighted by Crippen LogP contribution is -2.12. The molecule has 1 atom stereocenters. The number of nitrogens with zero attached hydrogens (tertiary/aromatic N) is 2. The van der Waals surface area contributed by atoms with Crippen LogP contribution in [0.5, 0.6) is 5.75 Å². The number of para-hydroxylation sites is 1. The smallest absolute Gasteiger partial charge is 0.201 e. The van der Waals surface area contributed by atoms with E-state index in [2.05, 4.69) is 40.1 Å². The third kappa shape index (κ3) is 2.38. The van der Waals surface area contributed by atoms with Crippen LogP contribution >= 0.6 is 11.3 Å². The van der Waals surface area contributed by atoms with Crippen molar-refractivity contribution in [2.45, 2.75) is 25.8 Å². The van der Waals surface area contributed by atoms with Gasteiger partial charge in [0.2, 0.25) is 5.95 Å². The predicted molar refractivity (Wildman–Crippen MR) is 88.1 cm³/mol. The number of hydrogen-bond donors (Lipinski definition) is 1. The molecule has 2 heterocycles. The second kappa shape index (κ2) is 5.77. The molecule has 2 aromatic heterocycles. The van der Waals surface area contributed by atoms with Gasteiger partial charge < -0.3 is 15.0 Å². The first-order valence-electron chi connectivity index (χ1n) is 7.10. The topological polar surface area (TPSA) is 53.1 Å². The van der Waals surface area contributed by atoms with E-state index in [1.54, 1.807) is 18.4 Å². The van der Waals surface area contributed by atoms with Gasteiger partial charge in [-0.15, -0.1) is 11.3 Å². The lowest BCUT2D eigenvalue weighted by atomic mass is 10.1. The van der Waals surface area contributed by atoms with Crippen molar-refractivity contribution in [3.05, 3.63) is 40.6 Å². The van der Waals surface area contributed by atoms with Crippen LogP contribution in [0.2, 0.25) is 0 Å². The highest BCUT2D eigenvalue weighted by Gasteiger charge is 2.21.